The van der Waals surface area contributed by atoms with Crippen molar-refractivity contribution in [2.24, 2.45) is 11.7 Å². The molecule has 4 heteroatoms. The standard InChI is InChI=1S/C12H17NO3/c1-16-10-5-4-8(6-9(10)14)11(13)12(15)7-2-3-7/h4-7,11-12,14-15H,2-3,13H2,1H3/t11-,12+/m1/s1. The zero-order valence-electron chi connectivity index (χ0n) is 9.26. The Morgan fingerprint density at radius 3 is 2.62 bits per heavy atom. The summed E-state index contributed by atoms with van der Waals surface area (Å²) in [6.07, 6.45) is 1.56. The second kappa shape index (κ2) is 4.31. The summed E-state index contributed by atoms with van der Waals surface area (Å²) in [5, 5.41) is 19.5. The molecule has 1 aliphatic carbocycles. The highest BCUT2D eigenvalue weighted by Gasteiger charge is 2.34. The van der Waals surface area contributed by atoms with E-state index in [2.05, 4.69) is 0 Å². The molecule has 16 heavy (non-hydrogen) atoms. The third-order valence-corrected chi connectivity index (χ3v) is 3.06. The molecule has 0 aliphatic heterocycles. The van der Waals surface area contributed by atoms with Crippen molar-refractivity contribution in [1.82, 2.24) is 0 Å². The van der Waals surface area contributed by atoms with Crippen molar-refractivity contribution in [3.8, 4) is 11.5 Å². The maximum atomic E-state index is 9.89. The van der Waals surface area contributed by atoms with Gasteiger partial charge in [0.25, 0.3) is 0 Å². The Balaban J connectivity index is 2.16. The number of hydrogen-bond acceptors (Lipinski definition) is 4. The molecule has 0 bridgehead atoms. The summed E-state index contributed by atoms with van der Waals surface area (Å²) >= 11 is 0. The first-order chi connectivity index (χ1) is 7.63. The molecule has 4 N–H and O–H groups in total. The van der Waals surface area contributed by atoms with Crippen LogP contribution in [-0.2, 0) is 0 Å². The maximum absolute atomic E-state index is 9.89. The van der Waals surface area contributed by atoms with Crippen molar-refractivity contribution in [3.05, 3.63) is 23.8 Å². The van der Waals surface area contributed by atoms with Gasteiger partial charge in [0.1, 0.15) is 0 Å². The minimum atomic E-state index is -0.521. The minimum absolute atomic E-state index is 0.0541. The number of nitrogens with two attached hydrogens (primary N) is 1. The van der Waals surface area contributed by atoms with E-state index >= 15 is 0 Å². The smallest absolute Gasteiger partial charge is 0.160 e. The molecule has 0 aromatic heterocycles. The number of aliphatic hydroxyl groups is 1. The molecule has 0 heterocycles. The van der Waals surface area contributed by atoms with E-state index in [4.69, 9.17) is 10.5 Å². The number of aliphatic hydroxyl groups excluding tert-OH is 1. The van der Waals surface area contributed by atoms with E-state index in [1.807, 2.05) is 0 Å². The average molecular weight is 223 g/mol. The average Bonchev–Trinajstić information content (AvgIpc) is 3.11. The molecule has 2 atom stereocenters. The molecule has 2 rings (SSSR count). The topological polar surface area (TPSA) is 75.7 Å². The number of phenols is 1. The fourth-order valence-electron chi connectivity index (χ4n) is 1.84. The van der Waals surface area contributed by atoms with Crippen molar-refractivity contribution < 1.29 is 14.9 Å². The lowest BCUT2D eigenvalue weighted by Gasteiger charge is -2.19. The van der Waals surface area contributed by atoms with Crippen molar-refractivity contribution >= 4 is 0 Å². The molecular formula is C12H17NO3. The molecule has 1 aromatic carbocycles. The van der Waals surface area contributed by atoms with E-state index in [9.17, 15) is 10.2 Å². The van der Waals surface area contributed by atoms with Crippen LogP contribution in [0.25, 0.3) is 0 Å². The number of methoxy groups -OCH3 is 1. The molecule has 1 aromatic rings. The monoisotopic (exact) mass is 223 g/mol. The van der Waals surface area contributed by atoms with Gasteiger partial charge in [0.15, 0.2) is 11.5 Å². The highest BCUT2D eigenvalue weighted by atomic mass is 16.5. The Morgan fingerprint density at radius 1 is 1.44 bits per heavy atom. The molecule has 1 saturated carbocycles. The molecule has 0 unspecified atom stereocenters. The molecular weight excluding hydrogens is 206 g/mol. The van der Waals surface area contributed by atoms with Crippen LogP contribution in [-0.4, -0.2) is 23.4 Å². The van der Waals surface area contributed by atoms with Gasteiger partial charge in [0.05, 0.1) is 19.3 Å². The van der Waals surface area contributed by atoms with E-state index in [1.54, 1.807) is 18.2 Å². The van der Waals surface area contributed by atoms with Gasteiger partial charge < -0.3 is 20.7 Å². The number of hydrogen-bond donors (Lipinski definition) is 3. The van der Waals surface area contributed by atoms with Crippen molar-refractivity contribution in [2.75, 3.05) is 7.11 Å². The SMILES string of the molecule is COc1ccc([C@@H](N)[C@@H](O)C2CC2)cc1O. The molecule has 0 radical (unpaired) electrons. The normalized spacial score (nSPS) is 19.2. The second-order valence-electron chi connectivity index (χ2n) is 4.29. The van der Waals surface area contributed by atoms with E-state index in [0.29, 0.717) is 11.7 Å². The third kappa shape index (κ3) is 2.13. The van der Waals surface area contributed by atoms with Crippen molar-refractivity contribution in [3.63, 3.8) is 0 Å². The van der Waals surface area contributed by atoms with Crippen LogP contribution >= 0.6 is 0 Å². The van der Waals surface area contributed by atoms with Gasteiger partial charge in [-0.2, -0.15) is 0 Å². The predicted molar refractivity (Wildman–Crippen MR) is 60.3 cm³/mol. The molecule has 0 saturated heterocycles. The summed E-state index contributed by atoms with van der Waals surface area (Å²) in [4.78, 5) is 0. The lowest BCUT2D eigenvalue weighted by Crippen LogP contribution is -2.27. The van der Waals surface area contributed by atoms with Crippen LogP contribution in [0.15, 0.2) is 18.2 Å². The number of ether oxygens (including phenoxy) is 1. The molecule has 1 aliphatic rings. The van der Waals surface area contributed by atoms with Gasteiger partial charge in [-0.1, -0.05) is 6.07 Å². The van der Waals surface area contributed by atoms with Gasteiger partial charge in [-0.25, -0.2) is 0 Å². The second-order valence-corrected chi connectivity index (χ2v) is 4.29. The predicted octanol–water partition coefficient (Wildman–Crippen LogP) is 1.17. The number of rotatable bonds is 4. The fraction of sp³-hybridized carbons (Fsp3) is 0.500. The summed E-state index contributed by atoms with van der Waals surface area (Å²) in [7, 11) is 1.49. The summed E-state index contributed by atoms with van der Waals surface area (Å²) in [5.74, 6) is 0.787. The van der Waals surface area contributed by atoms with Crippen LogP contribution in [0.5, 0.6) is 11.5 Å². The summed E-state index contributed by atoms with van der Waals surface area (Å²) in [6, 6.07) is 4.54. The summed E-state index contributed by atoms with van der Waals surface area (Å²) in [5.41, 5.74) is 6.67. The van der Waals surface area contributed by atoms with Gasteiger partial charge in [-0.3, -0.25) is 0 Å². The van der Waals surface area contributed by atoms with E-state index in [1.165, 1.54) is 7.11 Å². The summed E-state index contributed by atoms with van der Waals surface area (Å²) in [6.45, 7) is 0. The third-order valence-electron chi connectivity index (χ3n) is 3.06. The lowest BCUT2D eigenvalue weighted by atomic mass is 9.99. The van der Waals surface area contributed by atoms with Gasteiger partial charge in [0, 0.05) is 0 Å². The van der Waals surface area contributed by atoms with Crippen LogP contribution in [0.4, 0.5) is 0 Å². The van der Waals surface area contributed by atoms with Gasteiger partial charge in [0.2, 0.25) is 0 Å². The number of aromatic hydroxyl groups is 1. The quantitative estimate of drug-likeness (QED) is 0.716. The van der Waals surface area contributed by atoms with E-state index in [-0.39, 0.29) is 5.75 Å². The van der Waals surface area contributed by atoms with Gasteiger partial charge in [-0.05, 0) is 36.5 Å². The first-order valence-corrected chi connectivity index (χ1v) is 5.44. The van der Waals surface area contributed by atoms with E-state index in [0.717, 1.165) is 18.4 Å². The van der Waals surface area contributed by atoms with Crippen molar-refractivity contribution in [2.45, 2.75) is 25.0 Å². The Hall–Kier alpha value is -1.26. The molecule has 88 valence electrons. The number of phenolic OH excluding ortho intramolecular Hbond substituents is 1. The lowest BCUT2D eigenvalue weighted by molar-refractivity contribution is 0.122. The minimum Gasteiger partial charge on any atom is -0.504 e. The Morgan fingerprint density at radius 2 is 2.12 bits per heavy atom. The Labute approximate surface area is 94.7 Å². The highest BCUT2D eigenvalue weighted by molar-refractivity contribution is 5.42. The van der Waals surface area contributed by atoms with Gasteiger partial charge in [-0.15, -0.1) is 0 Å². The van der Waals surface area contributed by atoms with Crippen molar-refractivity contribution in [1.29, 1.82) is 0 Å². The first kappa shape index (κ1) is 11.2. The first-order valence-electron chi connectivity index (χ1n) is 5.44. The zero-order chi connectivity index (χ0) is 11.7. The molecule has 0 spiro atoms. The molecule has 1 fully saturated rings. The Kier molecular flexibility index (Phi) is 3.03. The maximum Gasteiger partial charge on any atom is 0.160 e. The van der Waals surface area contributed by atoms with Crippen LogP contribution in [0.2, 0.25) is 0 Å². The highest BCUT2D eigenvalue weighted by Crippen LogP contribution is 2.38. The van der Waals surface area contributed by atoms with Gasteiger partial charge >= 0.3 is 0 Å². The van der Waals surface area contributed by atoms with Crippen LogP contribution in [0.1, 0.15) is 24.4 Å². The zero-order valence-corrected chi connectivity index (χ0v) is 9.26. The fourth-order valence-corrected chi connectivity index (χ4v) is 1.84. The van der Waals surface area contributed by atoms with E-state index < -0.39 is 12.1 Å². The largest absolute Gasteiger partial charge is 0.504 e. The Bertz CT molecular complexity index is 377. The van der Waals surface area contributed by atoms with Crippen LogP contribution in [0.3, 0.4) is 0 Å². The number of benzene rings is 1. The van der Waals surface area contributed by atoms with Crippen LogP contribution < -0.4 is 10.5 Å². The molecule has 0 amide bonds. The molecule has 4 nitrogen and oxygen atoms in total. The summed E-state index contributed by atoms with van der Waals surface area (Å²) < 4.78 is 4.95. The van der Waals surface area contributed by atoms with Crippen LogP contribution in [0, 0.1) is 5.92 Å².